The molecule has 1 atom stereocenters. The van der Waals surface area contributed by atoms with Crippen molar-refractivity contribution in [2.75, 3.05) is 40.4 Å². The maximum atomic E-state index is 5.72. The minimum Gasteiger partial charge on any atom is -0.497 e. The third kappa shape index (κ3) is 3.80. The van der Waals surface area contributed by atoms with Gasteiger partial charge >= 0.3 is 0 Å². The van der Waals surface area contributed by atoms with Gasteiger partial charge in [-0.2, -0.15) is 0 Å². The molecule has 1 unspecified atom stereocenters. The molecule has 0 aliphatic carbocycles. The minimum absolute atomic E-state index is 0.184. The van der Waals surface area contributed by atoms with Crippen LogP contribution in [0, 0.1) is 13.8 Å². The van der Waals surface area contributed by atoms with Crippen LogP contribution in [0.2, 0.25) is 0 Å². The van der Waals surface area contributed by atoms with E-state index in [0.29, 0.717) is 0 Å². The summed E-state index contributed by atoms with van der Waals surface area (Å²) in [5.74, 6) is 1.70. The van der Waals surface area contributed by atoms with Gasteiger partial charge < -0.3 is 14.8 Å². The molecule has 2 aromatic rings. The zero-order valence-electron chi connectivity index (χ0n) is 15.6. The minimum atomic E-state index is 0.184. The number of hydrogen-bond donors (Lipinski definition) is 1. The Labute approximate surface area is 150 Å². The lowest BCUT2D eigenvalue weighted by Gasteiger charge is -2.37. The van der Waals surface area contributed by atoms with Gasteiger partial charge in [0.05, 0.1) is 20.3 Å². The molecule has 0 amide bonds. The summed E-state index contributed by atoms with van der Waals surface area (Å²) in [7, 11) is 3.42. The molecule has 1 fully saturated rings. The van der Waals surface area contributed by atoms with Crippen LogP contribution in [0.15, 0.2) is 36.4 Å². The zero-order valence-corrected chi connectivity index (χ0v) is 15.6. The van der Waals surface area contributed by atoms with Crippen molar-refractivity contribution in [1.82, 2.24) is 10.2 Å². The number of piperazine rings is 1. The van der Waals surface area contributed by atoms with E-state index in [1.165, 1.54) is 22.3 Å². The summed E-state index contributed by atoms with van der Waals surface area (Å²) in [4.78, 5) is 2.54. The van der Waals surface area contributed by atoms with Crippen LogP contribution in [0.3, 0.4) is 0 Å². The standard InChI is InChI=1S/C21H28N2O2/c1-15-5-7-18(16(2)13-15)21(23-11-9-22-10-12-23)19-8-6-17(24-3)14-20(19)25-4/h5-8,13-14,21-22H,9-12H2,1-4H3. The molecule has 1 saturated heterocycles. The molecule has 0 saturated carbocycles. The normalized spacial score (nSPS) is 16.5. The van der Waals surface area contributed by atoms with Gasteiger partial charge in [0.25, 0.3) is 0 Å². The zero-order chi connectivity index (χ0) is 17.8. The Morgan fingerprint density at radius 2 is 1.64 bits per heavy atom. The van der Waals surface area contributed by atoms with Gasteiger partial charge in [-0.1, -0.05) is 23.8 Å². The fourth-order valence-corrected chi connectivity index (χ4v) is 3.68. The summed E-state index contributed by atoms with van der Waals surface area (Å²) in [5, 5.41) is 3.45. The first-order valence-corrected chi connectivity index (χ1v) is 8.88. The Bertz CT molecular complexity index is 724. The van der Waals surface area contributed by atoms with Gasteiger partial charge in [0, 0.05) is 37.8 Å². The predicted molar refractivity (Wildman–Crippen MR) is 102 cm³/mol. The Hall–Kier alpha value is -2.04. The second kappa shape index (κ2) is 7.89. The Morgan fingerprint density at radius 3 is 2.28 bits per heavy atom. The fourth-order valence-electron chi connectivity index (χ4n) is 3.68. The summed E-state index contributed by atoms with van der Waals surface area (Å²) in [5.41, 5.74) is 5.15. The molecule has 1 N–H and O–H groups in total. The third-order valence-electron chi connectivity index (χ3n) is 4.97. The van der Waals surface area contributed by atoms with Gasteiger partial charge in [0.2, 0.25) is 0 Å². The first kappa shape index (κ1) is 17.8. The van der Waals surface area contributed by atoms with Crippen molar-refractivity contribution in [3.8, 4) is 11.5 Å². The highest BCUT2D eigenvalue weighted by atomic mass is 16.5. The van der Waals surface area contributed by atoms with Gasteiger partial charge in [0.15, 0.2) is 0 Å². The van der Waals surface area contributed by atoms with Crippen molar-refractivity contribution in [3.05, 3.63) is 58.7 Å². The molecule has 25 heavy (non-hydrogen) atoms. The van der Waals surface area contributed by atoms with Crippen LogP contribution >= 0.6 is 0 Å². The highest BCUT2D eigenvalue weighted by Crippen LogP contribution is 2.38. The van der Waals surface area contributed by atoms with Crippen LogP contribution in [-0.4, -0.2) is 45.3 Å². The second-order valence-electron chi connectivity index (χ2n) is 6.66. The number of rotatable bonds is 5. The van der Waals surface area contributed by atoms with Gasteiger partial charge in [0.1, 0.15) is 11.5 Å². The maximum Gasteiger partial charge on any atom is 0.127 e. The van der Waals surface area contributed by atoms with E-state index >= 15 is 0 Å². The molecule has 0 aromatic heterocycles. The van der Waals surface area contributed by atoms with Crippen molar-refractivity contribution in [2.24, 2.45) is 0 Å². The smallest absolute Gasteiger partial charge is 0.127 e. The lowest BCUT2D eigenvalue weighted by molar-refractivity contribution is 0.195. The van der Waals surface area contributed by atoms with Crippen molar-refractivity contribution < 1.29 is 9.47 Å². The molecular weight excluding hydrogens is 312 g/mol. The SMILES string of the molecule is COc1ccc(C(c2ccc(C)cc2C)N2CCNCC2)c(OC)c1. The predicted octanol–water partition coefficient (Wildman–Crippen LogP) is 3.32. The lowest BCUT2D eigenvalue weighted by atomic mass is 9.91. The molecule has 3 rings (SSSR count). The third-order valence-corrected chi connectivity index (χ3v) is 4.97. The van der Waals surface area contributed by atoms with E-state index in [9.17, 15) is 0 Å². The van der Waals surface area contributed by atoms with Gasteiger partial charge in [-0.25, -0.2) is 0 Å². The average molecular weight is 340 g/mol. The summed E-state index contributed by atoms with van der Waals surface area (Å²) in [6.45, 7) is 8.41. The van der Waals surface area contributed by atoms with Crippen LogP contribution in [-0.2, 0) is 0 Å². The number of nitrogens with zero attached hydrogens (tertiary/aromatic N) is 1. The summed E-state index contributed by atoms with van der Waals surface area (Å²) < 4.78 is 11.1. The molecule has 0 radical (unpaired) electrons. The average Bonchev–Trinajstić information content (AvgIpc) is 2.64. The number of benzene rings is 2. The number of nitrogens with one attached hydrogen (secondary N) is 1. The Morgan fingerprint density at radius 1 is 0.920 bits per heavy atom. The molecular formula is C21H28N2O2. The van der Waals surface area contributed by atoms with E-state index in [1.807, 2.05) is 12.1 Å². The second-order valence-corrected chi connectivity index (χ2v) is 6.66. The van der Waals surface area contributed by atoms with Crippen LogP contribution in [0.25, 0.3) is 0 Å². The number of aryl methyl sites for hydroxylation is 2. The van der Waals surface area contributed by atoms with E-state index in [2.05, 4.69) is 48.3 Å². The van der Waals surface area contributed by atoms with Crippen molar-refractivity contribution in [2.45, 2.75) is 19.9 Å². The van der Waals surface area contributed by atoms with Gasteiger partial charge in [-0.05, 0) is 37.1 Å². The number of hydrogen-bond acceptors (Lipinski definition) is 4. The fraction of sp³-hybridized carbons (Fsp3) is 0.429. The van der Waals surface area contributed by atoms with Gasteiger partial charge in [-0.15, -0.1) is 0 Å². The molecule has 4 heteroatoms. The molecule has 4 nitrogen and oxygen atoms in total. The molecule has 1 aliphatic heterocycles. The van der Waals surface area contributed by atoms with Crippen molar-refractivity contribution >= 4 is 0 Å². The van der Waals surface area contributed by atoms with Gasteiger partial charge in [-0.3, -0.25) is 4.90 Å². The first-order chi connectivity index (χ1) is 12.1. The molecule has 0 spiro atoms. The Balaban J connectivity index is 2.10. The van der Waals surface area contributed by atoms with Crippen molar-refractivity contribution in [1.29, 1.82) is 0 Å². The van der Waals surface area contributed by atoms with Crippen LogP contribution in [0.5, 0.6) is 11.5 Å². The number of ether oxygens (including phenoxy) is 2. The quantitative estimate of drug-likeness (QED) is 0.905. The molecule has 1 aliphatic rings. The maximum absolute atomic E-state index is 5.72. The molecule has 2 aromatic carbocycles. The van der Waals surface area contributed by atoms with E-state index in [-0.39, 0.29) is 6.04 Å². The number of methoxy groups -OCH3 is 2. The monoisotopic (exact) mass is 340 g/mol. The topological polar surface area (TPSA) is 33.7 Å². The van der Waals surface area contributed by atoms with Crippen LogP contribution in [0.4, 0.5) is 0 Å². The summed E-state index contributed by atoms with van der Waals surface area (Å²) >= 11 is 0. The van der Waals surface area contributed by atoms with Crippen LogP contribution < -0.4 is 14.8 Å². The molecule has 1 heterocycles. The Kier molecular flexibility index (Phi) is 5.61. The highest BCUT2D eigenvalue weighted by Gasteiger charge is 2.27. The summed E-state index contributed by atoms with van der Waals surface area (Å²) in [6.07, 6.45) is 0. The largest absolute Gasteiger partial charge is 0.497 e. The molecule has 0 bridgehead atoms. The molecule has 134 valence electrons. The van der Waals surface area contributed by atoms with Crippen LogP contribution in [0.1, 0.15) is 28.3 Å². The van der Waals surface area contributed by atoms with E-state index in [1.54, 1.807) is 14.2 Å². The van der Waals surface area contributed by atoms with E-state index in [4.69, 9.17) is 9.47 Å². The van der Waals surface area contributed by atoms with Crippen molar-refractivity contribution in [3.63, 3.8) is 0 Å². The summed E-state index contributed by atoms with van der Waals surface area (Å²) in [6, 6.07) is 13.1. The van der Waals surface area contributed by atoms with E-state index < -0.39 is 0 Å². The van der Waals surface area contributed by atoms with E-state index in [0.717, 1.165) is 37.7 Å². The lowest BCUT2D eigenvalue weighted by Crippen LogP contribution is -2.45. The first-order valence-electron chi connectivity index (χ1n) is 8.88. The highest BCUT2D eigenvalue weighted by molar-refractivity contribution is 5.48.